The fourth-order valence-electron chi connectivity index (χ4n) is 3.32. The van der Waals surface area contributed by atoms with Crippen molar-refractivity contribution in [2.24, 2.45) is 0 Å². The van der Waals surface area contributed by atoms with Crippen molar-refractivity contribution in [3.63, 3.8) is 0 Å². The number of para-hydroxylation sites is 1. The van der Waals surface area contributed by atoms with Crippen molar-refractivity contribution in [1.82, 2.24) is 20.0 Å². The molecular weight excluding hydrogens is 358 g/mol. The van der Waals surface area contributed by atoms with Crippen molar-refractivity contribution in [2.45, 2.75) is 38.1 Å². The summed E-state index contributed by atoms with van der Waals surface area (Å²) in [6, 6.07) is 11.5. The molecule has 0 aliphatic heterocycles. The molecule has 7 heteroatoms. The van der Waals surface area contributed by atoms with E-state index >= 15 is 0 Å². The number of benzene rings is 1. The Balaban J connectivity index is 1.38. The summed E-state index contributed by atoms with van der Waals surface area (Å²) in [6.45, 7) is 4.05. The molecule has 0 fully saturated rings. The molecule has 4 rings (SSSR count). The number of carbonyl (C=O) groups excluding carboxylic acids is 1. The molecule has 0 bridgehead atoms. The van der Waals surface area contributed by atoms with Gasteiger partial charge in [-0.2, -0.15) is 5.10 Å². The molecule has 6 nitrogen and oxygen atoms in total. The van der Waals surface area contributed by atoms with E-state index in [0.717, 1.165) is 40.6 Å². The van der Waals surface area contributed by atoms with E-state index in [2.05, 4.69) is 27.5 Å². The summed E-state index contributed by atoms with van der Waals surface area (Å²) in [7, 11) is 0. The Labute approximate surface area is 162 Å². The van der Waals surface area contributed by atoms with Gasteiger partial charge in [0.25, 0.3) is 0 Å². The molecule has 1 aliphatic carbocycles. The number of aryl methyl sites for hydroxylation is 2. The van der Waals surface area contributed by atoms with Gasteiger partial charge in [0.15, 0.2) is 5.82 Å². The van der Waals surface area contributed by atoms with Crippen LogP contribution in [-0.4, -0.2) is 31.6 Å². The van der Waals surface area contributed by atoms with E-state index in [4.69, 9.17) is 0 Å². The van der Waals surface area contributed by atoms with Crippen molar-refractivity contribution in [3.05, 3.63) is 58.9 Å². The van der Waals surface area contributed by atoms with Gasteiger partial charge >= 0.3 is 0 Å². The van der Waals surface area contributed by atoms with Crippen LogP contribution in [0.4, 0.5) is 5.69 Å². The number of anilines is 1. The maximum Gasteiger partial charge on any atom is 0.234 e. The van der Waals surface area contributed by atoms with Gasteiger partial charge in [-0.05, 0) is 62.4 Å². The molecule has 0 atom stereocenters. The molecule has 1 aromatic carbocycles. The van der Waals surface area contributed by atoms with Gasteiger partial charge < -0.3 is 5.32 Å². The zero-order chi connectivity index (χ0) is 18.8. The van der Waals surface area contributed by atoms with Gasteiger partial charge in [-0.3, -0.25) is 4.79 Å². The Bertz CT molecular complexity index is 981. The van der Waals surface area contributed by atoms with E-state index in [-0.39, 0.29) is 11.7 Å². The van der Waals surface area contributed by atoms with Gasteiger partial charge in [0.2, 0.25) is 5.91 Å². The SMILES string of the molecule is Cc1ccccc1NC(=O)CSc1ccc(-n2nc3c(c2C)CCC3)nn1. The monoisotopic (exact) mass is 379 g/mol. The van der Waals surface area contributed by atoms with Crippen molar-refractivity contribution in [1.29, 1.82) is 0 Å². The Morgan fingerprint density at radius 2 is 2.00 bits per heavy atom. The highest BCUT2D eigenvalue weighted by Crippen LogP contribution is 2.26. The van der Waals surface area contributed by atoms with Crippen LogP contribution in [0.1, 0.15) is 28.9 Å². The molecule has 2 aromatic heterocycles. The Kier molecular flexibility index (Phi) is 4.94. The fraction of sp³-hybridized carbons (Fsp3) is 0.300. The summed E-state index contributed by atoms with van der Waals surface area (Å²) in [4.78, 5) is 12.2. The summed E-state index contributed by atoms with van der Waals surface area (Å²) in [5.74, 6) is 0.951. The quantitative estimate of drug-likeness (QED) is 0.687. The second kappa shape index (κ2) is 7.52. The smallest absolute Gasteiger partial charge is 0.234 e. The Morgan fingerprint density at radius 3 is 2.74 bits per heavy atom. The Morgan fingerprint density at radius 1 is 1.15 bits per heavy atom. The second-order valence-electron chi connectivity index (χ2n) is 6.66. The van der Waals surface area contributed by atoms with E-state index in [1.54, 1.807) is 0 Å². The minimum Gasteiger partial charge on any atom is -0.325 e. The van der Waals surface area contributed by atoms with Gasteiger partial charge in [0.1, 0.15) is 5.03 Å². The molecule has 0 unspecified atom stereocenters. The zero-order valence-corrected chi connectivity index (χ0v) is 16.2. The van der Waals surface area contributed by atoms with E-state index in [1.807, 2.05) is 48.0 Å². The lowest BCUT2D eigenvalue weighted by atomic mass is 10.2. The number of nitrogens with zero attached hydrogens (tertiary/aromatic N) is 4. The first kappa shape index (κ1) is 17.7. The van der Waals surface area contributed by atoms with Gasteiger partial charge in [-0.1, -0.05) is 30.0 Å². The first-order valence-corrected chi connectivity index (χ1v) is 10.00. The predicted molar refractivity (Wildman–Crippen MR) is 106 cm³/mol. The molecule has 27 heavy (non-hydrogen) atoms. The lowest BCUT2D eigenvalue weighted by Gasteiger charge is -2.08. The number of aromatic nitrogens is 4. The van der Waals surface area contributed by atoms with Crippen LogP contribution in [0.15, 0.2) is 41.4 Å². The third-order valence-corrected chi connectivity index (χ3v) is 5.70. The number of fused-ring (bicyclic) bond motifs is 1. The molecule has 138 valence electrons. The first-order chi connectivity index (χ1) is 13.1. The van der Waals surface area contributed by atoms with Crippen LogP contribution in [0.3, 0.4) is 0 Å². The van der Waals surface area contributed by atoms with Gasteiger partial charge in [-0.15, -0.1) is 10.2 Å². The molecule has 1 aliphatic rings. The summed E-state index contributed by atoms with van der Waals surface area (Å²) >= 11 is 1.37. The summed E-state index contributed by atoms with van der Waals surface area (Å²) in [5, 5.41) is 16.9. The van der Waals surface area contributed by atoms with Crippen LogP contribution < -0.4 is 5.32 Å². The van der Waals surface area contributed by atoms with E-state index in [9.17, 15) is 4.79 Å². The molecule has 0 spiro atoms. The molecule has 3 aromatic rings. The van der Waals surface area contributed by atoms with Gasteiger partial charge in [-0.25, -0.2) is 4.68 Å². The number of hydrogen-bond acceptors (Lipinski definition) is 5. The molecular formula is C20H21N5OS. The predicted octanol–water partition coefficient (Wildman–Crippen LogP) is 3.50. The largest absolute Gasteiger partial charge is 0.325 e. The number of thioether (sulfide) groups is 1. The highest BCUT2D eigenvalue weighted by atomic mass is 32.2. The third-order valence-electron chi connectivity index (χ3n) is 4.78. The third kappa shape index (κ3) is 3.73. The van der Waals surface area contributed by atoms with Crippen molar-refractivity contribution < 1.29 is 4.79 Å². The van der Waals surface area contributed by atoms with Crippen LogP contribution in [0.25, 0.3) is 5.82 Å². The summed E-state index contributed by atoms with van der Waals surface area (Å²) in [6.07, 6.45) is 3.32. The summed E-state index contributed by atoms with van der Waals surface area (Å²) in [5.41, 5.74) is 5.56. The number of nitrogens with one attached hydrogen (secondary N) is 1. The normalized spacial score (nSPS) is 12.8. The topological polar surface area (TPSA) is 72.7 Å². The molecule has 1 amide bonds. The zero-order valence-electron chi connectivity index (χ0n) is 15.4. The number of hydrogen-bond donors (Lipinski definition) is 1. The van der Waals surface area contributed by atoms with Crippen molar-refractivity contribution >= 4 is 23.4 Å². The molecule has 0 radical (unpaired) electrons. The number of rotatable bonds is 5. The van der Waals surface area contributed by atoms with Crippen LogP contribution in [-0.2, 0) is 17.6 Å². The van der Waals surface area contributed by atoms with Gasteiger partial charge in [0, 0.05) is 11.4 Å². The summed E-state index contributed by atoms with van der Waals surface area (Å²) < 4.78 is 1.87. The van der Waals surface area contributed by atoms with Crippen molar-refractivity contribution in [2.75, 3.05) is 11.1 Å². The van der Waals surface area contributed by atoms with Crippen LogP contribution >= 0.6 is 11.8 Å². The lowest BCUT2D eigenvalue weighted by molar-refractivity contribution is -0.113. The van der Waals surface area contributed by atoms with E-state index in [1.165, 1.54) is 29.4 Å². The average Bonchev–Trinajstić information content (AvgIpc) is 3.26. The van der Waals surface area contributed by atoms with E-state index < -0.39 is 0 Å². The molecule has 0 saturated carbocycles. The van der Waals surface area contributed by atoms with Crippen LogP contribution in [0.2, 0.25) is 0 Å². The minimum atomic E-state index is -0.0560. The highest BCUT2D eigenvalue weighted by molar-refractivity contribution is 7.99. The molecule has 0 saturated heterocycles. The average molecular weight is 379 g/mol. The second-order valence-corrected chi connectivity index (χ2v) is 7.65. The molecule has 1 N–H and O–H groups in total. The highest BCUT2D eigenvalue weighted by Gasteiger charge is 2.20. The van der Waals surface area contributed by atoms with Gasteiger partial charge in [0.05, 0.1) is 11.4 Å². The van der Waals surface area contributed by atoms with Crippen LogP contribution in [0, 0.1) is 13.8 Å². The lowest BCUT2D eigenvalue weighted by Crippen LogP contribution is -2.15. The standard InChI is InChI=1S/C20H21N5OS/c1-13-6-3-4-8-16(13)21-19(26)12-27-20-11-10-18(22-23-20)25-14(2)15-7-5-9-17(15)24-25/h3-4,6,8,10-11H,5,7,9,12H2,1-2H3,(H,21,26). The maximum atomic E-state index is 12.2. The maximum absolute atomic E-state index is 12.2. The Hall–Kier alpha value is -2.67. The number of carbonyl (C=O) groups is 1. The van der Waals surface area contributed by atoms with E-state index in [0.29, 0.717) is 0 Å². The fourth-order valence-corrected chi connectivity index (χ4v) is 3.93. The first-order valence-electron chi connectivity index (χ1n) is 9.01. The number of amides is 1. The van der Waals surface area contributed by atoms with Crippen molar-refractivity contribution in [3.8, 4) is 5.82 Å². The molecule has 2 heterocycles. The van der Waals surface area contributed by atoms with Crippen LogP contribution in [0.5, 0.6) is 0 Å². The minimum absolute atomic E-state index is 0.0560.